The lowest BCUT2D eigenvalue weighted by molar-refractivity contribution is -0.120. The molecule has 0 aliphatic carbocycles. The second kappa shape index (κ2) is 5.63. The van der Waals surface area contributed by atoms with Crippen molar-refractivity contribution in [2.45, 2.75) is 19.3 Å². The van der Waals surface area contributed by atoms with Gasteiger partial charge in [0.25, 0.3) is 0 Å². The minimum absolute atomic E-state index is 0.0903. The zero-order chi connectivity index (χ0) is 15.5. The number of aromatic hydroxyl groups is 1. The first-order valence-electron chi connectivity index (χ1n) is 6.40. The van der Waals surface area contributed by atoms with E-state index in [9.17, 15) is 9.90 Å². The number of rotatable bonds is 3. The normalized spacial score (nSPS) is 10.7. The molecule has 0 spiro atoms. The van der Waals surface area contributed by atoms with Crippen LogP contribution in [0.4, 0.5) is 5.69 Å². The molecule has 0 unspecified atom stereocenters. The molecule has 0 bridgehead atoms. The van der Waals surface area contributed by atoms with Crippen LogP contribution in [0.1, 0.15) is 25.0 Å². The Labute approximate surface area is 122 Å². The molecular weight excluding hydrogens is 266 g/mol. The molecule has 2 N–H and O–H groups in total. The van der Waals surface area contributed by atoms with E-state index < -0.39 is 5.41 Å². The molecule has 2 aromatic rings. The highest BCUT2D eigenvalue weighted by molar-refractivity contribution is 5.99. The van der Waals surface area contributed by atoms with E-state index in [1.54, 1.807) is 38.1 Å². The number of nitriles is 1. The van der Waals surface area contributed by atoms with Crippen molar-refractivity contribution in [3.05, 3.63) is 53.9 Å². The van der Waals surface area contributed by atoms with Crippen molar-refractivity contribution in [2.24, 2.45) is 0 Å². The van der Waals surface area contributed by atoms with Crippen molar-refractivity contribution in [1.82, 2.24) is 4.98 Å². The number of carbonyl (C=O) groups is 1. The van der Waals surface area contributed by atoms with Gasteiger partial charge in [-0.05, 0) is 37.6 Å². The molecule has 5 nitrogen and oxygen atoms in total. The molecule has 0 atom stereocenters. The molecule has 21 heavy (non-hydrogen) atoms. The summed E-state index contributed by atoms with van der Waals surface area (Å²) >= 11 is 0. The van der Waals surface area contributed by atoms with Crippen LogP contribution in [0.15, 0.2) is 42.7 Å². The number of hydrogen-bond donors (Lipinski definition) is 2. The van der Waals surface area contributed by atoms with E-state index in [0.29, 0.717) is 11.3 Å². The molecule has 0 saturated heterocycles. The van der Waals surface area contributed by atoms with Gasteiger partial charge in [-0.2, -0.15) is 5.26 Å². The van der Waals surface area contributed by atoms with Gasteiger partial charge in [0, 0.05) is 6.20 Å². The summed E-state index contributed by atoms with van der Waals surface area (Å²) in [6, 6.07) is 10.5. The van der Waals surface area contributed by atoms with Crippen LogP contribution >= 0.6 is 0 Å². The standard InChI is InChI=1S/C16H15N3O2/c1-16(2,12-5-3-4-11(8-12)9-17)15(21)19-13-6-7-18-10-14(13)20/h3-8,10,20H,1-2H3,(H,18,19,21). The molecule has 2 rings (SSSR count). The molecule has 0 fully saturated rings. The number of hydrogen-bond acceptors (Lipinski definition) is 4. The molecule has 0 aliphatic heterocycles. The van der Waals surface area contributed by atoms with Crippen LogP contribution in [-0.4, -0.2) is 16.0 Å². The average molecular weight is 281 g/mol. The Kier molecular flexibility index (Phi) is 3.90. The summed E-state index contributed by atoms with van der Waals surface area (Å²) in [6.45, 7) is 3.52. The molecule has 0 saturated carbocycles. The second-order valence-corrected chi connectivity index (χ2v) is 5.16. The van der Waals surface area contributed by atoms with Gasteiger partial charge in [-0.25, -0.2) is 0 Å². The summed E-state index contributed by atoms with van der Waals surface area (Å²) < 4.78 is 0. The Morgan fingerprint density at radius 1 is 1.38 bits per heavy atom. The maximum Gasteiger partial charge on any atom is 0.234 e. The van der Waals surface area contributed by atoms with Crippen molar-refractivity contribution in [3.8, 4) is 11.8 Å². The van der Waals surface area contributed by atoms with Gasteiger partial charge in [0.05, 0.1) is 28.9 Å². The first-order valence-corrected chi connectivity index (χ1v) is 6.40. The Hall–Kier alpha value is -2.87. The predicted molar refractivity (Wildman–Crippen MR) is 78.7 cm³/mol. The molecule has 0 radical (unpaired) electrons. The van der Waals surface area contributed by atoms with Crippen molar-refractivity contribution in [2.75, 3.05) is 5.32 Å². The lowest BCUT2D eigenvalue weighted by atomic mass is 9.83. The van der Waals surface area contributed by atoms with Gasteiger partial charge in [0.1, 0.15) is 0 Å². The average Bonchev–Trinajstić information content (AvgIpc) is 2.49. The summed E-state index contributed by atoms with van der Waals surface area (Å²) in [7, 11) is 0. The molecule has 1 amide bonds. The highest BCUT2D eigenvalue weighted by Gasteiger charge is 2.30. The van der Waals surface area contributed by atoms with Crippen molar-refractivity contribution in [1.29, 1.82) is 5.26 Å². The van der Waals surface area contributed by atoms with Crippen LogP contribution in [0.2, 0.25) is 0 Å². The highest BCUT2D eigenvalue weighted by atomic mass is 16.3. The molecular formula is C16H15N3O2. The van der Waals surface area contributed by atoms with Crippen LogP contribution in [0.3, 0.4) is 0 Å². The number of benzene rings is 1. The number of anilines is 1. The fourth-order valence-corrected chi connectivity index (χ4v) is 1.88. The first kappa shape index (κ1) is 14.5. The number of nitrogens with zero attached hydrogens (tertiary/aromatic N) is 2. The van der Waals surface area contributed by atoms with Gasteiger partial charge in [-0.15, -0.1) is 0 Å². The fraction of sp³-hybridized carbons (Fsp3) is 0.188. The predicted octanol–water partition coefficient (Wildman–Crippen LogP) is 2.58. The minimum atomic E-state index is -0.845. The molecule has 0 aliphatic rings. The number of nitrogens with one attached hydrogen (secondary N) is 1. The van der Waals surface area contributed by atoms with E-state index >= 15 is 0 Å². The van der Waals surface area contributed by atoms with E-state index in [4.69, 9.17) is 5.26 Å². The lowest BCUT2D eigenvalue weighted by Crippen LogP contribution is -2.34. The topological polar surface area (TPSA) is 86.0 Å². The van der Waals surface area contributed by atoms with Crippen LogP contribution in [0.5, 0.6) is 5.75 Å². The summed E-state index contributed by atoms with van der Waals surface area (Å²) in [6.07, 6.45) is 2.75. The molecule has 1 aromatic heterocycles. The van der Waals surface area contributed by atoms with Gasteiger partial charge < -0.3 is 10.4 Å². The Balaban J connectivity index is 2.28. The second-order valence-electron chi connectivity index (χ2n) is 5.16. The number of carbonyl (C=O) groups excluding carboxylic acids is 1. The van der Waals surface area contributed by atoms with E-state index in [-0.39, 0.29) is 11.7 Å². The van der Waals surface area contributed by atoms with Crippen molar-refractivity contribution >= 4 is 11.6 Å². The van der Waals surface area contributed by atoms with Crippen LogP contribution in [-0.2, 0) is 10.2 Å². The smallest absolute Gasteiger partial charge is 0.234 e. The third-order valence-corrected chi connectivity index (χ3v) is 3.33. The molecule has 1 aromatic carbocycles. The maximum atomic E-state index is 12.5. The van der Waals surface area contributed by atoms with Crippen LogP contribution in [0.25, 0.3) is 0 Å². The molecule has 5 heteroatoms. The SMILES string of the molecule is CC(C)(C(=O)Nc1ccncc1O)c1cccc(C#N)c1. The Morgan fingerprint density at radius 3 is 2.81 bits per heavy atom. The van der Waals surface area contributed by atoms with Gasteiger partial charge >= 0.3 is 0 Å². The monoisotopic (exact) mass is 281 g/mol. The van der Waals surface area contributed by atoms with Gasteiger partial charge in [-0.1, -0.05) is 12.1 Å². The third-order valence-electron chi connectivity index (χ3n) is 3.33. The number of amides is 1. The zero-order valence-corrected chi connectivity index (χ0v) is 11.8. The Bertz CT molecular complexity index is 717. The van der Waals surface area contributed by atoms with E-state index in [1.165, 1.54) is 18.5 Å². The minimum Gasteiger partial charge on any atom is -0.504 e. The van der Waals surface area contributed by atoms with E-state index in [2.05, 4.69) is 16.4 Å². The first-order chi connectivity index (χ1) is 9.95. The molecule has 1 heterocycles. The number of pyridine rings is 1. The summed E-state index contributed by atoms with van der Waals surface area (Å²) in [5.41, 5.74) is 0.690. The van der Waals surface area contributed by atoms with Crippen LogP contribution in [0, 0.1) is 11.3 Å². The lowest BCUT2D eigenvalue weighted by Gasteiger charge is -2.24. The largest absolute Gasteiger partial charge is 0.504 e. The number of aromatic nitrogens is 1. The summed E-state index contributed by atoms with van der Waals surface area (Å²) in [4.78, 5) is 16.2. The van der Waals surface area contributed by atoms with Gasteiger partial charge in [0.2, 0.25) is 5.91 Å². The summed E-state index contributed by atoms with van der Waals surface area (Å²) in [5.74, 6) is -0.369. The van der Waals surface area contributed by atoms with E-state index in [1.807, 2.05) is 0 Å². The Morgan fingerprint density at radius 2 is 2.14 bits per heavy atom. The highest BCUT2D eigenvalue weighted by Crippen LogP contribution is 2.28. The quantitative estimate of drug-likeness (QED) is 0.905. The zero-order valence-electron chi connectivity index (χ0n) is 11.8. The fourth-order valence-electron chi connectivity index (χ4n) is 1.88. The third kappa shape index (κ3) is 3.00. The van der Waals surface area contributed by atoms with Gasteiger partial charge in [-0.3, -0.25) is 9.78 Å². The summed E-state index contributed by atoms with van der Waals surface area (Å²) in [5, 5.41) is 21.3. The van der Waals surface area contributed by atoms with Crippen molar-refractivity contribution < 1.29 is 9.90 Å². The maximum absolute atomic E-state index is 12.5. The van der Waals surface area contributed by atoms with Crippen LogP contribution < -0.4 is 5.32 Å². The van der Waals surface area contributed by atoms with E-state index in [0.717, 1.165) is 5.56 Å². The van der Waals surface area contributed by atoms with Crippen molar-refractivity contribution in [3.63, 3.8) is 0 Å². The molecule has 106 valence electrons. The van der Waals surface area contributed by atoms with Gasteiger partial charge in [0.15, 0.2) is 5.75 Å².